The van der Waals surface area contributed by atoms with Gasteiger partial charge in [0.2, 0.25) is 0 Å². The van der Waals surface area contributed by atoms with Crippen molar-refractivity contribution in [1.29, 1.82) is 0 Å². The first-order chi connectivity index (χ1) is 3.43. The number of allylic oxidation sites excluding steroid dienone is 4. The Morgan fingerprint density at radius 2 is 2.57 bits per heavy atom. The summed E-state index contributed by atoms with van der Waals surface area (Å²) in [7, 11) is 6.80. The lowest BCUT2D eigenvalue weighted by Crippen LogP contribution is -1.88. The molecule has 0 heterocycles. The Kier molecular flexibility index (Phi) is 1.40. The molecule has 0 saturated heterocycles. The van der Waals surface area contributed by atoms with Crippen molar-refractivity contribution in [2.24, 2.45) is 0 Å². The molecule has 0 N–H and O–H groups in total. The average Bonchev–Trinajstić information content (AvgIpc) is 2.14. The fourth-order valence-electron chi connectivity index (χ4n) is 0.600. The van der Waals surface area contributed by atoms with Crippen molar-refractivity contribution < 1.29 is 0 Å². The van der Waals surface area contributed by atoms with Gasteiger partial charge in [0.15, 0.2) is 0 Å². The lowest BCUT2D eigenvalue weighted by Gasteiger charge is -1.83. The zero-order valence-electron chi connectivity index (χ0n) is 4.09. The van der Waals surface area contributed by atoms with Crippen LogP contribution in [0.15, 0.2) is 23.7 Å². The van der Waals surface area contributed by atoms with Gasteiger partial charge < -0.3 is 0 Å². The van der Waals surface area contributed by atoms with Crippen molar-refractivity contribution in [3.63, 3.8) is 0 Å². The molecule has 1 aliphatic carbocycles. The van der Waals surface area contributed by atoms with Crippen LogP contribution < -0.4 is 0 Å². The van der Waals surface area contributed by atoms with Crippen LogP contribution in [0.5, 0.6) is 0 Å². The molecule has 0 nitrogen and oxygen atoms in total. The first-order valence-corrected chi connectivity index (χ1v) is 2.35. The molecule has 0 unspecified atom stereocenters. The third-order valence-corrected chi connectivity index (χ3v) is 0.992. The van der Waals surface area contributed by atoms with Gasteiger partial charge in [0.25, 0.3) is 0 Å². The number of rotatable bonds is 1. The van der Waals surface area contributed by atoms with Gasteiger partial charge in [0, 0.05) is 7.74 Å². The van der Waals surface area contributed by atoms with Crippen LogP contribution in [0, 0.1) is 0 Å². The molecule has 0 fully saturated rings. The first-order valence-electron chi connectivity index (χ1n) is 2.35. The van der Waals surface area contributed by atoms with Crippen LogP contribution in [0.1, 0.15) is 6.42 Å². The highest BCUT2D eigenvalue weighted by molar-refractivity contribution is 6.94. The molecule has 0 aromatic rings. The summed E-state index contributed by atoms with van der Waals surface area (Å²) in [6, 6.07) is 0. The lowest BCUT2D eigenvalue weighted by atomic mass is 9.51. The summed E-state index contributed by atoms with van der Waals surface area (Å²) in [5.74, 6) is 0. The molecule has 0 aromatic carbocycles. The molecule has 1 rings (SSSR count). The standard InChI is InChI=1S/C5H5B2/c6-7-5-3-1-2-4-5/h1,3-4H,2H2. The van der Waals surface area contributed by atoms with Crippen LogP contribution in [0.3, 0.4) is 0 Å². The van der Waals surface area contributed by atoms with Gasteiger partial charge in [-0.2, -0.15) is 0 Å². The average molecular weight is 86.7 g/mol. The van der Waals surface area contributed by atoms with E-state index >= 15 is 0 Å². The van der Waals surface area contributed by atoms with Crippen molar-refractivity contribution in [3.05, 3.63) is 23.7 Å². The van der Waals surface area contributed by atoms with Gasteiger partial charge in [-0.3, -0.25) is 0 Å². The van der Waals surface area contributed by atoms with Crippen LogP contribution in [-0.2, 0) is 0 Å². The molecule has 0 atom stereocenters. The van der Waals surface area contributed by atoms with Crippen molar-refractivity contribution in [2.45, 2.75) is 6.42 Å². The van der Waals surface area contributed by atoms with E-state index in [0.29, 0.717) is 0 Å². The molecule has 1 aliphatic rings. The fraction of sp³-hybridized carbons (Fsp3) is 0.200. The van der Waals surface area contributed by atoms with E-state index in [0.717, 1.165) is 11.9 Å². The van der Waals surface area contributed by atoms with E-state index in [1.54, 1.807) is 7.17 Å². The lowest BCUT2D eigenvalue weighted by molar-refractivity contribution is 1.45. The summed E-state index contributed by atoms with van der Waals surface area (Å²) < 4.78 is 0. The molecular formula is C5H5B2. The molecule has 0 spiro atoms. The molecule has 0 bridgehead atoms. The highest BCUT2D eigenvalue weighted by atomic mass is 13.9. The van der Waals surface area contributed by atoms with Gasteiger partial charge in [-0.1, -0.05) is 18.2 Å². The van der Waals surface area contributed by atoms with Gasteiger partial charge in [-0.25, -0.2) is 0 Å². The maximum Gasteiger partial charge on any atom is 0.0952 e. The van der Waals surface area contributed by atoms with Crippen molar-refractivity contribution in [1.82, 2.24) is 0 Å². The maximum absolute atomic E-state index is 5.19. The first kappa shape index (κ1) is 4.76. The van der Waals surface area contributed by atoms with Gasteiger partial charge in [-0.15, -0.1) is 5.47 Å². The second kappa shape index (κ2) is 2.06. The van der Waals surface area contributed by atoms with Crippen LogP contribution in [0.2, 0.25) is 0 Å². The van der Waals surface area contributed by atoms with Crippen molar-refractivity contribution in [3.8, 4) is 0 Å². The van der Waals surface area contributed by atoms with E-state index in [9.17, 15) is 0 Å². The molecule has 2 heteroatoms. The zero-order valence-corrected chi connectivity index (χ0v) is 4.09. The van der Waals surface area contributed by atoms with E-state index in [1.807, 2.05) is 6.08 Å². The Labute approximate surface area is 45.9 Å². The van der Waals surface area contributed by atoms with E-state index < -0.39 is 0 Å². The fourth-order valence-corrected chi connectivity index (χ4v) is 0.600. The predicted molar refractivity (Wildman–Crippen MR) is 33.3 cm³/mol. The second-order valence-electron chi connectivity index (χ2n) is 1.51. The Hall–Kier alpha value is -0.390. The van der Waals surface area contributed by atoms with Gasteiger partial charge >= 0.3 is 0 Å². The summed E-state index contributed by atoms with van der Waals surface area (Å²) in [5, 5.41) is 0. The number of hydrogen-bond donors (Lipinski definition) is 0. The Balaban J connectivity index is 2.52. The quantitative estimate of drug-likeness (QED) is 0.411. The van der Waals surface area contributed by atoms with Gasteiger partial charge in [0.05, 0.1) is 7.17 Å². The maximum atomic E-state index is 5.19. The van der Waals surface area contributed by atoms with E-state index in [4.69, 9.17) is 7.74 Å². The predicted octanol–water partition coefficient (Wildman–Crippen LogP) is 0.618. The van der Waals surface area contributed by atoms with E-state index in [1.165, 1.54) is 0 Å². The van der Waals surface area contributed by atoms with Crippen LogP contribution >= 0.6 is 0 Å². The molecule has 0 aromatic heterocycles. The molecule has 0 saturated carbocycles. The van der Waals surface area contributed by atoms with Gasteiger partial charge in [-0.05, 0) is 6.42 Å². The summed E-state index contributed by atoms with van der Waals surface area (Å²) in [6.07, 6.45) is 7.22. The summed E-state index contributed by atoms with van der Waals surface area (Å²) in [6.45, 7) is 0. The van der Waals surface area contributed by atoms with Crippen LogP contribution in [0.4, 0.5) is 0 Å². The minimum atomic E-state index is 1.04. The second-order valence-corrected chi connectivity index (χ2v) is 1.51. The minimum Gasteiger partial charge on any atom is -0.102 e. The summed E-state index contributed by atoms with van der Waals surface area (Å²) in [4.78, 5) is 0. The van der Waals surface area contributed by atoms with Crippen molar-refractivity contribution >= 4 is 14.9 Å². The smallest absolute Gasteiger partial charge is 0.0952 e. The largest absolute Gasteiger partial charge is 0.102 e. The highest BCUT2D eigenvalue weighted by Gasteiger charge is 1.90. The molecule has 7 heavy (non-hydrogen) atoms. The summed E-state index contributed by atoms with van der Waals surface area (Å²) >= 11 is 0. The normalized spacial score (nSPS) is 16.9. The molecule has 3 radical (unpaired) electrons. The zero-order chi connectivity index (χ0) is 5.11. The van der Waals surface area contributed by atoms with E-state index in [-0.39, 0.29) is 0 Å². The van der Waals surface area contributed by atoms with Crippen molar-refractivity contribution in [2.75, 3.05) is 0 Å². The molecule has 0 aliphatic heterocycles. The SMILES string of the molecule is [B][B]C1=CCC=C1. The van der Waals surface area contributed by atoms with Crippen LogP contribution in [0.25, 0.3) is 0 Å². The minimum absolute atomic E-state index is 1.04. The van der Waals surface area contributed by atoms with E-state index in [2.05, 4.69) is 12.2 Å². The molecular weight excluding hydrogens is 81.7 g/mol. The highest BCUT2D eigenvalue weighted by Crippen LogP contribution is 2.04. The Bertz CT molecular complexity index is 113. The third kappa shape index (κ3) is 0.986. The summed E-state index contributed by atoms with van der Waals surface area (Å²) in [5.41, 5.74) is 1.14. The molecule has 31 valence electrons. The monoisotopic (exact) mass is 87.1 g/mol. The van der Waals surface area contributed by atoms with Crippen LogP contribution in [-0.4, -0.2) is 14.9 Å². The molecule has 0 amide bonds. The number of hydrogen-bond acceptors (Lipinski definition) is 0. The Morgan fingerprint density at radius 3 is 2.86 bits per heavy atom. The van der Waals surface area contributed by atoms with Gasteiger partial charge in [0.1, 0.15) is 0 Å². The third-order valence-electron chi connectivity index (χ3n) is 0.992. The topological polar surface area (TPSA) is 0 Å². The Morgan fingerprint density at radius 1 is 1.71 bits per heavy atom.